The summed E-state index contributed by atoms with van der Waals surface area (Å²) in [4.78, 5) is 11.8. The maximum atomic E-state index is 11.8. The van der Waals surface area contributed by atoms with Crippen LogP contribution in [0.3, 0.4) is 0 Å². The number of unbranched alkanes of at least 4 members (excludes halogenated alkanes) is 2. The number of fused-ring (bicyclic) bond motifs is 3. The molecule has 4 aliphatic carbocycles. The van der Waals surface area contributed by atoms with Gasteiger partial charge in [-0.3, -0.25) is 0 Å². The molecule has 0 amide bonds. The molecule has 2 bridgehead atoms. The van der Waals surface area contributed by atoms with Crippen LogP contribution < -0.4 is 0 Å². The fraction of sp³-hybridized carbons (Fsp3) is 0.700. The van der Waals surface area contributed by atoms with E-state index in [-0.39, 0.29) is 12.1 Å². The molecule has 0 saturated heterocycles. The molecule has 1 aromatic carbocycles. The highest BCUT2D eigenvalue weighted by molar-refractivity contribution is 5.82. The monoisotopic (exact) mass is 436 g/mol. The highest BCUT2D eigenvalue weighted by Gasteiger charge is 2.48. The molecule has 0 radical (unpaired) electrons. The van der Waals surface area contributed by atoms with Crippen molar-refractivity contribution in [3.8, 4) is 0 Å². The zero-order valence-electron chi connectivity index (χ0n) is 20.5. The van der Waals surface area contributed by atoms with Crippen LogP contribution in [0.15, 0.2) is 36.4 Å². The molecule has 4 aliphatic rings. The number of allylic oxidation sites excluding steroid dienone is 1. The average molecular weight is 437 g/mol. The summed E-state index contributed by atoms with van der Waals surface area (Å²) in [5.74, 6) is 0.444. The van der Waals surface area contributed by atoms with E-state index >= 15 is 0 Å². The van der Waals surface area contributed by atoms with Gasteiger partial charge in [-0.2, -0.15) is 0 Å². The van der Waals surface area contributed by atoms with Crippen molar-refractivity contribution in [3.63, 3.8) is 0 Å². The Bertz CT molecular complexity index is 742. The normalized spacial score (nSPS) is 32.3. The number of hydrogen-bond donors (Lipinski definition) is 0. The van der Waals surface area contributed by atoms with Crippen molar-refractivity contribution in [1.82, 2.24) is 0 Å². The van der Waals surface area contributed by atoms with Crippen LogP contribution in [0.1, 0.15) is 127 Å². The molecule has 0 heterocycles. The van der Waals surface area contributed by atoms with E-state index in [9.17, 15) is 4.79 Å². The third-order valence-corrected chi connectivity index (χ3v) is 9.15. The molecule has 0 aliphatic heterocycles. The summed E-state index contributed by atoms with van der Waals surface area (Å²) in [6.07, 6.45) is 22.9. The van der Waals surface area contributed by atoms with Crippen LogP contribution in [-0.4, -0.2) is 12.1 Å². The molecule has 2 nitrogen and oxygen atoms in total. The van der Waals surface area contributed by atoms with Crippen molar-refractivity contribution < 1.29 is 9.53 Å². The van der Waals surface area contributed by atoms with Gasteiger partial charge in [-0.25, -0.2) is 4.79 Å². The smallest absolute Gasteiger partial charge is 0.330 e. The van der Waals surface area contributed by atoms with E-state index in [2.05, 4.69) is 31.2 Å². The lowest BCUT2D eigenvalue weighted by molar-refractivity contribution is -0.144. The van der Waals surface area contributed by atoms with Crippen molar-refractivity contribution in [3.05, 3.63) is 47.5 Å². The van der Waals surface area contributed by atoms with Crippen LogP contribution in [0.5, 0.6) is 0 Å². The molecule has 0 unspecified atom stereocenters. The summed E-state index contributed by atoms with van der Waals surface area (Å²) in [6, 6.07) is 9.77. The second-order valence-electron chi connectivity index (χ2n) is 11.1. The van der Waals surface area contributed by atoms with Gasteiger partial charge in [-0.1, -0.05) is 63.5 Å². The molecule has 0 atom stereocenters. The third kappa shape index (κ3) is 5.32. The SMILES string of the molecule is CCC=CC(=O)OC1CCC(c2ccc(C34CCC(CCCCC)(CC3)CC4)cc2)CC1. The maximum absolute atomic E-state index is 11.8. The van der Waals surface area contributed by atoms with Crippen molar-refractivity contribution in [2.75, 3.05) is 0 Å². The van der Waals surface area contributed by atoms with E-state index in [1.165, 1.54) is 69.8 Å². The zero-order chi connectivity index (χ0) is 22.4. The van der Waals surface area contributed by atoms with Crippen LogP contribution in [0.2, 0.25) is 0 Å². The Morgan fingerprint density at radius 3 is 2.19 bits per heavy atom. The van der Waals surface area contributed by atoms with Crippen LogP contribution in [0, 0.1) is 5.41 Å². The first-order chi connectivity index (χ1) is 15.6. The van der Waals surface area contributed by atoms with Gasteiger partial charge in [0.15, 0.2) is 0 Å². The summed E-state index contributed by atoms with van der Waals surface area (Å²) in [5, 5.41) is 0. The molecular weight excluding hydrogens is 392 g/mol. The fourth-order valence-electron chi connectivity index (χ4n) is 6.86. The highest BCUT2D eigenvalue weighted by Crippen LogP contribution is 2.59. The molecule has 0 aromatic heterocycles. The number of esters is 1. The Labute approximate surface area is 196 Å². The molecule has 0 N–H and O–H groups in total. The van der Waals surface area contributed by atoms with E-state index in [1.807, 2.05) is 13.0 Å². The van der Waals surface area contributed by atoms with E-state index in [0.717, 1.165) is 32.1 Å². The van der Waals surface area contributed by atoms with Crippen molar-refractivity contribution in [2.45, 2.75) is 128 Å². The molecule has 4 fully saturated rings. The van der Waals surface area contributed by atoms with E-state index in [0.29, 0.717) is 16.7 Å². The quantitative estimate of drug-likeness (QED) is 0.221. The summed E-state index contributed by atoms with van der Waals surface area (Å²) >= 11 is 0. The number of benzene rings is 1. The Morgan fingerprint density at radius 2 is 1.59 bits per heavy atom. The average Bonchev–Trinajstić information content (AvgIpc) is 2.85. The minimum atomic E-state index is -0.173. The Morgan fingerprint density at radius 1 is 0.938 bits per heavy atom. The standard InChI is InChI=1S/C30H44O2/c1-3-5-7-17-29-18-21-30(22-19-29,23-20-29)26-13-9-24(10-14-26)25-11-15-27(16-12-25)32-28(31)8-6-4-2/h6,8-10,13-14,25,27H,3-5,7,11-12,15-23H2,1-2H3. The van der Waals surface area contributed by atoms with Crippen molar-refractivity contribution in [2.24, 2.45) is 5.41 Å². The lowest BCUT2D eigenvalue weighted by Crippen LogP contribution is -2.44. The molecule has 2 heteroatoms. The predicted octanol–water partition coefficient (Wildman–Crippen LogP) is 8.39. The summed E-state index contributed by atoms with van der Waals surface area (Å²) in [7, 11) is 0. The Kier molecular flexibility index (Phi) is 7.79. The second-order valence-corrected chi connectivity index (χ2v) is 11.1. The fourth-order valence-corrected chi connectivity index (χ4v) is 6.86. The molecule has 0 spiro atoms. The molecule has 4 saturated carbocycles. The van der Waals surface area contributed by atoms with Gasteiger partial charge >= 0.3 is 5.97 Å². The first-order valence-electron chi connectivity index (χ1n) is 13.6. The van der Waals surface area contributed by atoms with Crippen molar-refractivity contribution in [1.29, 1.82) is 0 Å². The first kappa shape index (κ1) is 23.6. The highest BCUT2D eigenvalue weighted by atomic mass is 16.5. The van der Waals surface area contributed by atoms with Gasteiger partial charge in [-0.15, -0.1) is 0 Å². The first-order valence-corrected chi connectivity index (χ1v) is 13.6. The van der Waals surface area contributed by atoms with Crippen LogP contribution in [-0.2, 0) is 14.9 Å². The van der Waals surface area contributed by atoms with Crippen LogP contribution in [0.4, 0.5) is 0 Å². The van der Waals surface area contributed by atoms with Gasteiger partial charge in [0.2, 0.25) is 0 Å². The molecule has 32 heavy (non-hydrogen) atoms. The Hall–Kier alpha value is -1.57. The second kappa shape index (κ2) is 10.6. The number of rotatable bonds is 9. The molecular formula is C30H44O2. The minimum absolute atomic E-state index is 0.0977. The minimum Gasteiger partial charge on any atom is -0.459 e. The molecule has 5 rings (SSSR count). The van der Waals surface area contributed by atoms with E-state index in [1.54, 1.807) is 11.6 Å². The van der Waals surface area contributed by atoms with Crippen LogP contribution >= 0.6 is 0 Å². The predicted molar refractivity (Wildman–Crippen MR) is 133 cm³/mol. The van der Waals surface area contributed by atoms with Gasteiger partial charge in [-0.05, 0) is 105 Å². The molecule has 1 aromatic rings. The third-order valence-electron chi connectivity index (χ3n) is 9.15. The topological polar surface area (TPSA) is 26.3 Å². The van der Waals surface area contributed by atoms with Crippen LogP contribution in [0.25, 0.3) is 0 Å². The van der Waals surface area contributed by atoms with E-state index in [4.69, 9.17) is 4.74 Å². The van der Waals surface area contributed by atoms with Crippen molar-refractivity contribution >= 4 is 5.97 Å². The summed E-state index contributed by atoms with van der Waals surface area (Å²) in [6.45, 7) is 4.35. The number of hydrogen-bond acceptors (Lipinski definition) is 2. The Balaban J connectivity index is 1.29. The van der Waals surface area contributed by atoms with E-state index < -0.39 is 0 Å². The van der Waals surface area contributed by atoms with Gasteiger partial charge in [0, 0.05) is 6.08 Å². The summed E-state index contributed by atoms with van der Waals surface area (Å²) < 4.78 is 5.62. The largest absolute Gasteiger partial charge is 0.459 e. The summed E-state index contributed by atoms with van der Waals surface area (Å²) in [5.41, 5.74) is 4.24. The van der Waals surface area contributed by atoms with Gasteiger partial charge in [0.1, 0.15) is 6.10 Å². The number of carbonyl (C=O) groups excluding carboxylic acids is 1. The molecule has 176 valence electrons. The zero-order valence-corrected chi connectivity index (χ0v) is 20.5. The lowest BCUT2D eigenvalue weighted by Gasteiger charge is -2.54. The van der Waals surface area contributed by atoms with Gasteiger partial charge in [0.05, 0.1) is 0 Å². The lowest BCUT2D eigenvalue weighted by atomic mass is 9.51. The van der Waals surface area contributed by atoms with Gasteiger partial charge < -0.3 is 4.74 Å². The number of ether oxygens (including phenoxy) is 1. The van der Waals surface area contributed by atoms with Gasteiger partial charge in [0.25, 0.3) is 0 Å². The number of carbonyl (C=O) groups is 1. The maximum Gasteiger partial charge on any atom is 0.330 e.